The van der Waals surface area contributed by atoms with Crippen molar-refractivity contribution in [1.29, 1.82) is 0 Å². The molecule has 16 heavy (non-hydrogen) atoms. The van der Waals surface area contributed by atoms with Crippen molar-refractivity contribution in [2.75, 3.05) is 25.9 Å². The first kappa shape index (κ1) is 11.3. The minimum atomic E-state index is -0.133. The van der Waals surface area contributed by atoms with Crippen LogP contribution in [-0.2, 0) is 16.1 Å². The van der Waals surface area contributed by atoms with Crippen molar-refractivity contribution in [3.63, 3.8) is 0 Å². The van der Waals surface area contributed by atoms with Crippen molar-refractivity contribution >= 4 is 22.5 Å². The second-order valence-electron chi connectivity index (χ2n) is 3.83. The van der Waals surface area contributed by atoms with Gasteiger partial charge in [-0.1, -0.05) is 4.49 Å². The Morgan fingerprint density at radius 1 is 1.75 bits per heavy atom. The number of nitrogens with zero attached hydrogens (tertiary/aromatic N) is 3. The van der Waals surface area contributed by atoms with E-state index in [1.807, 2.05) is 0 Å². The molecule has 1 aliphatic rings. The lowest BCUT2D eigenvalue weighted by molar-refractivity contribution is -0.144. The number of nitrogen functional groups attached to an aromatic ring is 1. The lowest BCUT2D eigenvalue weighted by Gasteiger charge is -2.13. The van der Waals surface area contributed by atoms with Crippen molar-refractivity contribution < 1.29 is 9.53 Å². The lowest BCUT2D eigenvalue weighted by atomic mass is 10.1. The zero-order valence-electron chi connectivity index (χ0n) is 9.05. The van der Waals surface area contributed by atoms with Crippen molar-refractivity contribution in [3.05, 3.63) is 5.69 Å². The molecule has 7 heteroatoms. The summed E-state index contributed by atoms with van der Waals surface area (Å²) in [5.41, 5.74) is 6.52. The zero-order chi connectivity index (χ0) is 11.5. The molecule has 1 aliphatic heterocycles. The summed E-state index contributed by atoms with van der Waals surface area (Å²) in [6.07, 6.45) is 0.837. The first-order chi connectivity index (χ1) is 7.70. The number of hydrogen-bond donors (Lipinski definition) is 1. The smallest absolute Gasteiger partial charge is 0.310 e. The van der Waals surface area contributed by atoms with E-state index in [0.29, 0.717) is 18.1 Å². The van der Waals surface area contributed by atoms with Gasteiger partial charge in [-0.05, 0) is 13.0 Å². The highest BCUT2D eigenvalue weighted by Crippen LogP contribution is 2.21. The number of hydrogen-bond acceptors (Lipinski definition) is 7. The standard InChI is InChI=1S/C9H14N4O2S/c1-15-9(14)6-2-3-13(4-6)5-7-8(10)16-12-11-7/h6H,2-5,10H2,1H3. The summed E-state index contributed by atoms with van der Waals surface area (Å²) in [6.45, 7) is 2.25. The molecule has 2 rings (SSSR count). The first-order valence-electron chi connectivity index (χ1n) is 5.07. The number of likely N-dealkylation sites (tertiary alicyclic amines) is 1. The average Bonchev–Trinajstić information content (AvgIpc) is 2.89. The zero-order valence-corrected chi connectivity index (χ0v) is 9.87. The summed E-state index contributed by atoms with van der Waals surface area (Å²) in [5.74, 6) is -0.148. The van der Waals surface area contributed by atoms with Gasteiger partial charge in [0.15, 0.2) is 0 Å². The Labute approximate surface area is 97.5 Å². The predicted molar refractivity (Wildman–Crippen MR) is 59.7 cm³/mol. The average molecular weight is 242 g/mol. The van der Waals surface area contributed by atoms with Crippen molar-refractivity contribution in [1.82, 2.24) is 14.5 Å². The molecule has 2 heterocycles. The van der Waals surface area contributed by atoms with Crippen molar-refractivity contribution in [2.45, 2.75) is 13.0 Å². The molecule has 1 unspecified atom stereocenters. The molecule has 6 nitrogen and oxygen atoms in total. The first-order valence-corrected chi connectivity index (χ1v) is 5.85. The fourth-order valence-corrected chi connectivity index (χ4v) is 2.31. The predicted octanol–water partition coefficient (Wildman–Crippen LogP) is 0.115. The molecular weight excluding hydrogens is 228 g/mol. The van der Waals surface area contributed by atoms with E-state index in [1.165, 1.54) is 18.6 Å². The van der Waals surface area contributed by atoms with E-state index >= 15 is 0 Å². The number of aromatic nitrogens is 2. The van der Waals surface area contributed by atoms with E-state index < -0.39 is 0 Å². The lowest BCUT2D eigenvalue weighted by Crippen LogP contribution is -2.24. The Balaban J connectivity index is 1.90. The normalized spacial score (nSPS) is 21.2. The molecule has 1 aromatic rings. The fraction of sp³-hybridized carbons (Fsp3) is 0.667. The Kier molecular flexibility index (Phi) is 3.35. The van der Waals surface area contributed by atoms with E-state index in [-0.39, 0.29) is 11.9 Å². The highest BCUT2D eigenvalue weighted by molar-refractivity contribution is 7.09. The van der Waals surface area contributed by atoms with Gasteiger partial charge in [0, 0.05) is 24.6 Å². The van der Waals surface area contributed by atoms with Crippen LogP contribution in [0.1, 0.15) is 12.1 Å². The maximum Gasteiger partial charge on any atom is 0.310 e. The molecule has 1 saturated heterocycles. The van der Waals surface area contributed by atoms with Crippen LogP contribution >= 0.6 is 11.5 Å². The second-order valence-corrected chi connectivity index (χ2v) is 4.61. The molecule has 0 aliphatic carbocycles. The molecule has 1 fully saturated rings. The Hall–Kier alpha value is -1.21. The van der Waals surface area contributed by atoms with E-state index in [2.05, 4.69) is 14.5 Å². The summed E-state index contributed by atoms with van der Waals surface area (Å²) in [5, 5.41) is 4.61. The van der Waals surface area contributed by atoms with Crippen LogP contribution in [0, 0.1) is 5.92 Å². The Morgan fingerprint density at radius 3 is 3.19 bits per heavy atom. The quantitative estimate of drug-likeness (QED) is 0.758. The molecule has 0 amide bonds. The highest BCUT2D eigenvalue weighted by Gasteiger charge is 2.29. The van der Waals surface area contributed by atoms with E-state index in [9.17, 15) is 4.79 Å². The topological polar surface area (TPSA) is 81.3 Å². The van der Waals surface area contributed by atoms with Crippen LogP contribution in [-0.4, -0.2) is 40.7 Å². The highest BCUT2D eigenvalue weighted by atomic mass is 32.1. The summed E-state index contributed by atoms with van der Waals surface area (Å²) >= 11 is 1.20. The molecule has 0 bridgehead atoms. The largest absolute Gasteiger partial charge is 0.469 e. The third kappa shape index (κ3) is 2.30. The minimum Gasteiger partial charge on any atom is -0.469 e. The molecule has 1 atom stereocenters. The third-order valence-electron chi connectivity index (χ3n) is 2.77. The summed E-state index contributed by atoms with van der Waals surface area (Å²) in [6, 6.07) is 0. The number of carbonyl (C=O) groups is 1. The number of anilines is 1. The molecule has 0 spiro atoms. The summed E-state index contributed by atoms with van der Waals surface area (Å²) in [7, 11) is 1.42. The third-order valence-corrected chi connectivity index (χ3v) is 3.36. The van der Waals surface area contributed by atoms with Crippen LogP contribution < -0.4 is 5.73 Å². The van der Waals surface area contributed by atoms with Crippen LogP contribution in [0.2, 0.25) is 0 Å². The van der Waals surface area contributed by atoms with E-state index in [1.54, 1.807) is 0 Å². The van der Waals surface area contributed by atoms with Gasteiger partial charge in [-0.3, -0.25) is 9.69 Å². The van der Waals surface area contributed by atoms with Crippen LogP contribution in [0.4, 0.5) is 5.00 Å². The van der Waals surface area contributed by atoms with Crippen molar-refractivity contribution in [2.24, 2.45) is 5.92 Å². The Bertz CT molecular complexity index is 381. The van der Waals surface area contributed by atoms with E-state index in [4.69, 9.17) is 10.5 Å². The number of carbonyl (C=O) groups excluding carboxylic acids is 1. The van der Waals surface area contributed by atoms with Gasteiger partial charge in [-0.15, -0.1) is 5.10 Å². The summed E-state index contributed by atoms with van der Waals surface area (Å²) in [4.78, 5) is 13.5. The maximum atomic E-state index is 11.3. The van der Waals surface area contributed by atoms with Gasteiger partial charge in [0.2, 0.25) is 0 Å². The van der Waals surface area contributed by atoms with Crippen LogP contribution in [0.5, 0.6) is 0 Å². The van der Waals surface area contributed by atoms with Crippen molar-refractivity contribution in [3.8, 4) is 0 Å². The van der Waals surface area contributed by atoms with Crippen LogP contribution in [0.15, 0.2) is 0 Å². The molecule has 88 valence electrons. The van der Waals surface area contributed by atoms with Gasteiger partial charge in [0.05, 0.1) is 13.0 Å². The minimum absolute atomic E-state index is 0.0159. The van der Waals surface area contributed by atoms with Crippen LogP contribution in [0.3, 0.4) is 0 Å². The SMILES string of the molecule is COC(=O)C1CCN(Cc2nnsc2N)C1. The number of methoxy groups -OCH3 is 1. The van der Waals surface area contributed by atoms with Crippen LogP contribution in [0.25, 0.3) is 0 Å². The molecule has 0 radical (unpaired) electrons. The summed E-state index contributed by atoms with van der Waals surface area (Å²) < 4.78 is 8.51. The van der Waals surface area contributed by atoms with Gasteiger partial charge in [0.25, 0.3) is 0 Å². The van der Waals surface area contributed by atoms with E-state index in [0.717, 1.165) is 18.7 Å². The second kappa shape index (κ2) is 4.75. The number of esters is 1. The van der Waals surface area contributed by atoms with Gasteiger partial charge >= 0.3 is 5.97 Å². The fourth-order valence-electron chi connectivity index (χ4n) is 1.87. The molecular formula is C9H14N4O2S. The number of rotatable bonds is 3. The molecule has 1 aromatic heterocycles. The molecule has 2 N–H and O–H groups in total. The van der Waals surface area contributed by atoms with Gasteiger partial charge in [-0.25, -0.2) is 0 Å². The van der Waals surface area contributed by atoms with Gasteiger partial charge < -0.3 is 10.5 Å². The maximum absolute atomic E-state index is 11.3. The Morgan fingerprint density at radius 2 is 2.56 bits per heavy atom. The van der Waals surface area contributed by atoms with Gasteiger partial charge in [-0.2, -0.15) is 0 Å². The monoisotopic (exact) mass is 242 g/mol. The number of nitrogens with two attached hydrogens (primary N) is 1. The van der Waals surface area contributed by atoms with Gasteiger partial charge in [0.1, 0.15) is 10.7 Å². The number of ether oxygens (including phenoxy) is 1. The molecule has 0 saturated carbocycles. The molecule has 0 aromatic carbocycles.